The van der Waals surface area contributed by atoms with Crippen LogP contribution in [0.5, 0.6) is 0 Å². The Kier molecular flexibility index (Phi) is 8.58. The summed E-state index contributed by atoms with van der Waals surface area (Å²) in [6, 6.07) is 16.3. The van der Waals surface area contributed by atoms with Gasteiger partial charge in [-0.05, 0) is 54.1 Å². The van der Waals surface area contributed by atoms with Crippen LogP contribution >= 0.6 is 46.4 Å². The van der Waals surface area contributed by atoms with Gasteiger partial charge in [-0.1, -0.05) is 58.5 Å². The molecule has 0 radical (unpaired) electrons. The molecule has 3 aromatic rings. The summed E-state index contributed by atoms with van der Waals surface area (Å²) in [6.07, 6.45) is 3.44. The number of rotatable bonds is 9. The third-order valence-electron chi connectivity index (χ3n) is 5.54. The quantitative estimate of drug-likeness (QED) is 0.255. The zero-order valence-electron chi connectivity index (χ0n) is 18.4. The van der Waals surface area contributed by atoms with Gasteiger partial charge in [0.1, 0.15) is 11.9 Å². The van der Waals surface area contributed by atoms with Gasteiger partial charge in [0, 0.05) is 50.2 Å². The predicted octanol–water partition coefficient (Wildman–Crippen LogP) is 7.63. The fourth-order valence-corrected chi connectivity index (χ4v) is 4.74. The molecule has 0 N–H and O–H groups in total. The fourth-order valence-electron chi connectivity index (χ4n) is 3.69. The van der Waals surface area contributed by atoms with Crippen molar-refractivity contribution in [2.45, 2.75) is 12.7 Å². The Morgan fingerprint density at radius 1 is 0.886 bits per heavy atom. The van der Waals surface area contributed by atoms with Gasteiger partial charge in [-0.25, -0.2) is 4.39 Å². The first-order valence-corrected chi connectivity index (χ1v) is 12.3. The third-order valence-corrected chi connectivity index (χ3v) is 6.69. The van der Waals surface area contributed by atoms with E-state index >= 15 is 0 Å². The largest absolute Gasteiger partial charge is 0.367 e. The van der Waals surface area contributed by atoms with Crippen LogP contribution in [0.4, 0.5) is 4.39 Å². The molecule has 1 aliphatic rings. The maximum Gasteiger partial charge on any atom is 0.182 e. The summed E-state index contributed by atoms with van der Waals surface area (Å²) >= 11 is 24.8. The van der Waals surface area contributed by atoms with Gasteiger partial charge in [-0.3, -0.25) is 4.79 Å². The molecule has 1 heterocycles. The Morgan fingerprint density at radius 3 is 2.17 bits per heavy atom. The molecule has 0 saturated carbocycles. The zero-order chi connectivity index (χ0) is 24.9. The van der Waals surface area contributed by atoms with Crippen LogP contribution in [0.2, 0.25) is 20.1 Å². The van der Waals surface area contributed by atoms with Crippen LogP contribution in [-0.4, -0.2) is 35.3 Å². The molecule has 4 nitrogen and oxygen atoms in total. The molecule has 0 spiro atoms. The predicted molar refractivity (Wildman–Crippen MR) is 139 cm³/mol. The van der Waals surface area contributed by atoms with E-state index in [1.165, 1.54) is 24.3 Å². The van der Waals surface area contributed by atoms with Crippen LogP contribution in [0.3, 0.4) is 0 Å². The maximum atomic E-state index is 13.1. The maximum absolute atomic E-state index is 13.1. The fraction of sp³-hybridized carbons (Fsp3) is 0.192. The molecular formula is C26H21Cl4FN2O2. The van der Waals surface area contributed by atoms with Crippen molar-refractivity contribution in [2.24, 2.45) is 0 Å². The molecule has 0 fully saturated rings. The Bertz CT molecular complexity index is 1200. The van der Waals surface area contributed by atoms with Crippen molar-refractivity contribution in [1.29, 1.82) is 0 Å². The minimum absolute atomic E-state index is 0.0889. The van der Waals surface area contributed by atoms with E-state index in [0.717, 1.165) is 5.56 Å². The van der Waals surface area contributed by atoms with Gasteiger partial charge in [-0.2, -0.15) is 0 Å². The second kappa shape index (κ2) is 11.6. The lowest BCUT2D eigenvalue weighted by atomic mass is 10.1. The van der Waals surface area contributed by atoms with Crippen LogP contribution in [-0.2, 0) is 11.3 Å². The minimum atomic E-state index is -0.372. The Hall–Kier alpha value is -2.28. The number of hydrogen-bond donors (Lipinski definition) is 0. The van der Waals surface area contributed by atoms with Gasteiger partial charge in [0.15, 0.2) is 5.78 Å². The number of benzene rings is 3. The molecule has 3 aromatic carbocycles. The van der Waals surface area contributed by atoms with E-state index in [1.54, 1.807) is 12.1 Å². The summed E-state index contributed by atoms with van der Waals surface area (Å²) < 4.78 is 19.4. The summed E-state index contributed by atoms with van der Waals surface area (Å²) in [6.45, 7) is 1.39. The normalized spacial score (nSPS) is 14.0. The number of carbonyl (C=O) groups is 1. The monoisotopic (exact) mass is 552 g/mol. The number of Topliss-reactive ketones (excluding diaryl/α,β-unsaturated/α-hetero) is 1. The van der Waals surface area contributed by atoms with Crippen LogP contribution < -0.4 is 0 Å². The topological polar surface area (TPSA) is 32.8 Å². The standard InChI is InChI=1S/C26H21Cl4FN2O2/c27-19-5-1-18(2-6-19)26(35-15-22-23(29)11-20(28)12-24(22)30)14-33-10-9-32(16-33)13-25(34)17-3-7-21(31)8-4-17/h1-12,26H,13-16H2. The number of hydrogen-bond acceptors (Lipinski definition) is 4. The van der Waals surface area contributed by atoms with Crippen LogP contribution in [0.1, 0.15) is 27.6 Å². The lowest BCUT2D eigenvalue weighted by molar-refractivity contribution is 0.0197. The highest BCUT2D eigenvalue weighted by Gasteiger charge is 2.22. The Morgan fingerprint density at radius 2 is 1.51 bits per heavy atom. The number of carbonyl (C=O) groups excluding carboxylic acids is 1. The highest BCUT2D eigenvalue weighted by Crippen LogP contribution is 2.32. The summed E-state index contributed by atoms with van der Waals surface area (Å²) in [5.74, 6) is -0.461. The van der Waals surface area contributed by atoms with E-state index in [1.807, 2.05) is 46.5 Å². The van der Waals surface area contributed by atoms with Crippen molar-refractivity contribution in [2.75, 3.05) is 19.8 Å². The number of nitrogens with zero attached hydrogens (tertiary/aromatic N) is 2. The molecule has 4 rings (SSSR count). The van der Waals surface area contributed by atoms with Gasteiger partial charge >= 0.3 is 0 Å². The molecule has 1 aliphatic heterocycles. The van der Waals surface area contributed by atoms with Crippen LogP contribution in [0.15, 0.2) is 73.1 Å². The van der Waals surface area contributed by atoms with Crippen molar-refractivity contribution < 1.29 is 13.9 Å². The number of ether oxygens (including phenoxy) is 1. The summed E-state index contributed by atoms with van der Waals surface area (Å²) in [7, 11) is 0. The summed E-state index contributed by atoms with van der Waals surface area (Å²) in [5, 5.41) is 1.95. The van der Waals surface area contributed by atoms with Crippen molar-refractivity contribution in [1.82, 2.24) is 9.80 Å². The molecular weight excluding hydrogens is 533 g/mol. The molecule has 1 atom stereocenters. The molecule has 9 heteroatoms. The summed E-state index contributed by atoms with van der Waals surface area (Å²) in [4.78, 5) is 16.5. The van der Waals surface area contributed by atoms with Gasteiger partial charge in [0.2, 0.25) is 0 Å². The van der Waals surface area contributed by atoms with Crippen LogP contribution in [0.25, 0.3) is 0 Å². The van der Waals surface area contributed by atoms with E-state index < -0.39 is 0 Å². The van der Waals surface area contributed by atoms with Crippen molar-refractivity contribution >= 4 is 52.2 Å². The first-order chi connectivity index (χ1) is 16.8. The molecule has 1 unspecified atom stereocenters. The second-order valence-corrected chi connectivity index (χ2v) is 9.77. The molecule has 0 saturated heterocycles. The lowest BCUT2D eigenvalue weighted by Crippen LogP contribution is -2.32. The molecule has 0 bridgehead atoms. The van der Waals surface area contributed by atoms with Gasteiger partial charge in [0.25, 0.3) is 0 Å². The van der Waals surface area contributed by atoms with E-state index in [9.17, 15) is 9.18 Å². The van der Waals surface area contributed by atoms with Crippen LogP contribution in [0, 0.1) is 5.82 Å². The van der Waals surface area contributed by atoms with Crippen molar-refractivity contribution in [3.05, 3.63) is 116 Å². The van der Waals surface area contributed by atoms with E-state index in [2.05, 4.69) is 0 Å². The Balaban J connectivity index is 1.42. The van der Waals surface area contributed by atoms with E-state index in [4.69, 9.17) is 51.1 Å². The zero-order valence-corrected chi connectivity index (χ0v) is 21.5. The van der Waals surface area contributed by atoms with Gasteiger partial charge in [-0.15, -0.1) is 0 Å². The lowest BCUT2D eigenvalue weighted by Gasteiger charge is -2.26. The highest BCUT2D eigenvalue weighted by atomic mass is 35.5. The first kappa shape index (κ1) is 25.8. The third kappa shape index (κ3) is 6.90. The Labute approximate surface area is 223 Å². The van der Waals surface area contributed by atoms with E-state index in [-0.39, 0.29) is 30.9 Å². The van der Waals surface area contributed by atoms with E-state index in [0.29, 0.717) is 44.4 Å². The van der Waals surface area contributed by atoms with Crippen molar-refractivity contribution in [3.63, 3.8) is 0 Å². The smallest absolute Gasteiger partial charge is 0.182 e. The SMILES string of the molecule is O=C(CN1C=CN(CC(OCc2c(Cl)cc(Cl)cc2Cl)c2ccc(Cl)cc2)C1)c1ccc(F)cc1. The summed E-state index contributed by atoms with van der Waals surface area (Å²) in [5.41, 5.74) is 2.06. The number of ketones is 1. The molecule has 35 heavy (non-hydrogen) atoms. The minimum Gasteiger partial charge on any atom is -0.367 e. The first-order valence-electron chi connectivity index (χ1n) is 10.7. The highest BCUT2D eigenvalue weighted by molar-refractivity contribution is 6.39. The molecule has 0 aliphatic carbocycles. The average Bonchev–Trinajstić information content (AvgIpc) is 3.25. The molecule has 0 aromatic heterocycles. The average molecular weight is 554 g/mol. The second-order valence-electron chi connectivity index (χ2n) is 8.09. The molecule has 0 amide bonds. The van der Waals surface area contributed by atoms with Crippen molar-refractivity contribution in [3.8, 4) is 0 Å². The van der Waals surface area contributed by atoms with Gasteiger partial charge in [0.05, 0.1) is 19.8 Å². The van der Waals surface area contributed by atoms with Gasteiger partial charge < -0.3 is 14.5 Å². The number of halogens is 5. The molecule has 182 valence electrons.